The molecule has 0 saturated carbocycles. The molecule has 2 rings (SSSR count). The average molecular weight is 360 g/mol. The maximum absolute atomic E-state index is 12.6. The van der Waals surface area contributed by atoms with E-state index in [1.165, 1.54) is 11.3 Å². The molecule has 2 aromatic rings. The fourth-order valence-corrected chi connectivity index (χ4v) is 3.37. The van der Waals surface area contributed by atoms with Crippen LogP contribution in [-0.2, 0) is 11.3 Å². The second-order valence-corrected chi connectivity index (χ2v) is 7.05. The normalized spacial score (nSPS) is 11.8. The van der Waals surface area contributed by atoms with Crippen LogP contribution in [0.3, 0.4) is 0 Å². The van der Waals surface area contributed by atoms with E-state index in [0.29, 0.717) is 24.3 Å². The summed E-state index contributed by atoms with van der Waals surface area (Å²) < 4.78 is 0.726. The zero-order valence-corrected chi connectivity index (χ0v) is 14.9. The molecule has 0 aliphatic carbocycles. The van der Waals surface area contributed by atoms with Crippen molar-refractivity contribution in [1.82, 2.24) is 4.90 Å². The van der Waals surface area contributed by atoms with Gasteiger partial charge in [-0.25, -0.2) is 0 Å². The first-order chi connectivity index (χ1) is 11.5. The summed E-state index contributed by atoms with van der Waals surface area (Å²) in [5.41, 5.74) is 0.966. The Morgan fingerprint density at radius 2 is 2.21 bits per heavy atom. The number of nitrogens with zero attached hydrogens (tertiary/aromatic N) is 2. The molecule has 0 bridgehead atoms. The summed E-state index contributed by atoms with van der Waals surface area (Å²) in [6.07, 6.45) is 1.77. The summed E-state index contributed by atoms with van der Waals surface area (Å²) in [5, 5.41) is 12.0. The van der Waals surface area contributed by atoms with Gasteiger partial charge in [0.25, 0.3) is 0 Å². The second-order valence-electron chi connectivity index (χ2n) is 5.25. The van der Waals surface area contributed by atoms with Crippen LogP contribution < -0.4 is 5.32 Å². The maximum Gasteiger partial charge on any atom is 0.241 e. The topological polar surface area (TPSA) is 56.1 Å². The van der Waals surface area contributed by atoms with Gasteiger partial charge < -0.3 is 5.32 Å². The molecule has 124 valence electrons. The van der Waals surface area contributed by atoms with Crippen molar-refractivity contribution in [2.75, 3.05) is 11.9 Å². The third-order valence-corrected chi connectivity index (χ3v) is 4.80. The molecule has 6 heteroatoms. The molecule has 1 atom stereocenters. The molecule has 0 radical (unpaired) electrons. The van der Waals surface area contributed by atoms with E-state index in [-0.39, 0.29) is 11.9 Å². The van der Waals surface area contributed by atoms with E-state index in [1.807, 2.05) is 24.0 Å². The Bertz CT molecular complexity index is 766. The van der Waals surface area contributed by atoms with Crippen molar-refractivity contribution in [3.63, 3.8) is 0 Å². The average Bonchev–Trinajstić information content (AvgIpc) is 2.99. The van der Waals surface area contributed by atoms with Crippen LogP contribution in [0.25, 0.3) is 0 Å². The Kier molecular flexibility index (Phi) is 6.56. The molecule has 1 N–H and O–H groups in total. The monoisotopic (exact) mass is 359 g/mol. The zero-order chi connectivity index (χ0) is 17.5. The highest BCUT2D eigenvalue weighted by molar-refractivity contribution is 7.16. The van der Waals surface area contributed by atoms with Crippen LogP contribution in [-0.4, -0.2) is 23.4 Å². The van der Waals surface area contributed by atoms with Crippen LogP contribution in [0.1, 0.15) is 17.4 Å². The summed E-state index contributed by atoms with van der Waals surface area (Å²) in [4.78, 5) is 15.7. The molecule has 1 amide bonds. The third kappa shape index (κ3) is 4.68. The lowest BCUT2D eigenvalue weighted by Gasteiger charge is -2.26. The van der Waals surface area contributed by atoms with Crippen molar-refractivity contribution in [3.8, 4) is 6.07 Å². The van der Waals surface area contributed by atoms with Gasteiger partial charge in [0.2, 0.25) is 5.91 Å². The number of thiophene rings is 1. The van der Waals surface area contributed by atoms with Crippen LogP contribution in [0, 0.1) is 11.3 Å². The number of hydrogen-bond acceptors (Lipinski definition) is 4. The number of carbonyl (C=O) groups is 1. The quantitative estimate of drug-likeness (QED) is 0.750. The number of nitriles is 1. The minimum Gasteiger partial charge on any atom is -0.324 e. The molecule has 0 saturated heterocycles. The van der Waals surface area contributed by atoms with Gasteiger partial charge in [0, 0.05) is 18.0 Å². The van der Waals surface area contributed by atoms with Crippen molar-refractivity contribution >= 4 is 34.5 Å². The number of halogens is 1. The number of nitrogens with one attached hydrogen (secondary N) is 1. The Labute approximate surface area is 151 Å². The van der Waals surface area contributed by atoms with Gasteiger partial charge in [-0.3, -0.25) is 9.69 Å². The summed E-state index contributed by atoms with van der Waals surface area (Å²) in [5.74, 6) is -0.165. The minimum absolute atomic E-state index is 0.165. The summed E-state index contributed by atoms with van der Waals surface area (Å²) in [6, 6.07) is 12.5. The van der Waals surface area contributed by atoms with Crippen molar-refractivity contribution in [2.24, 2.45) is 0 Å². The Morgan fingerprint density at radius 3 is 2.83 bits per heavy atom. The van der Waals surface area contributed by atoms with Gasteiger partial charge in [-0.1, -0.05) is 29.8 Å². The maximum atomic E-state index is 12.6. The van der Waals surface area contributed by atoms with Gasteiger partial charge in [-0.15, -0.1) is 17.9 Å². The van der Waals surface area contributed by atoms with E-state index < -0.39 is 0 Å². The highest BCUT2D eigenvalue weighted by Crippen LogP contribution is 2.23. The van der Waals surface area contributed by atoms with Crippen LogP contribution in [0.5, 0.6) is 0 Å². The van der Waals surface area contributed by atoms with Gasteiger partial charge in [0.15, 0.2) is 0 Å². The summed E-state index contributed by atoms with van der Waals surface area (Å²) in [7, 11) is 0. The molecule has 1 aromatic carbocycles. The predicted octanol–water partition coefficient (Wildman–Crippen LogP) is 4.29. The number of carbonyl (C=O) groups excluding carboxylic acids is 1. The van der Waals surface area contributed by atoms with Gasteiger partial charge in [-0.2, -0.15) is 5.26 Å². The first-order valence-electron chi connectivity index (χ1n) is 7.44. The fraction of sp³-hybridized carbons (Fsp3) is 0.222. The number of hydrogen-bond donors (Lipinski definition) is 1. The molecule has 4 nitrogen and oxygen atoms in total. The van der Waals surface area contributed by atoms with Crippen molar-refractivity contribution in [1.29, 1.82) is 5.26 Å². The third-order valence-electron chi connectivity index (χ3n) is 3.58. The smallest absolute Gasteiger partial charge is 0.241 e. The lowest BCUT2D eigenvalue weighted by Crippen LogP contribution is -2.41. The summed E-state index contributed by atoms with van der Waals surface area (Å²) >= 11 is 7.47. The highest BCUT2D eigenvalue weighted by Gasteiger charge is 2.22. The van der Waals surface area contributed by atoms with Gasteiger partial charge in [0.1, 0.15) is 6.07 Å². The number of anilines is 1. The van der Waals surface area contributed by atoms with Crippen LogP contribution in [0.2, 0.25) is 4.34 Å². The second kappa shape index (κ2) is 8.65. The Morgan fingerprint density at radius 1 is 1.46 bits per heavy atom. The highest BCUT2D eigenvalue weighted by atomic mass is 35.5. The number of benzene rings is 1. The van der Waals surface area contributed by atoms with E-state index in [9.17, 15) is 4.79 Å². The molecule has 1 aromatic heterocycles. The van der Waals surface area contributed by atoms with Crippen molar-refractivity contribution in [3.05, 3.63) is 63.8 Å². The standard InChI is InChI=1S/C18H18ClN3OS/c1-3-10-22(12-15-8-9-17(19)24-15)13(2)18(23)21-16-7-5-4-6-14(16)11-20/h3-9,13H,1,10,12H2,2H3,(H,21,23)/t13-/m1/s1. The van der Waals surface area contributed by atoms with Crippen molar-refractivity contribution in [2.45, 2.75) is 19.5 Å². The zero-order valence-electron chi connectivity index (χ0n) is 13.3. The SMILES string of the molecule is C=CCN(Cc1ccc(Cl)s1)[C@H](C)C(=O)Nc1ccccc1C#N. The molecule has 0 aliphatic heterocycles. The van der Waals surface area contributed by atoms with E-state index in [4.69, 9.17) is 16.9 Å². The van der Waals surface area contributed by atoms with Gasteiger partial charge >= 0.3 is 0 Å². The lowest BCUT2D eigenvalue weighted by atomic mass is 10.1. The van der Waals surface area contributed by atoms with Crippen molar-refractivity contribution < 1.29 is 4.79 Å². The molecule has 1 heterocycles. The molecule has 24 heavy (non-hydrogen) atoms. The van der Waals surface area contributed by atoms with Crippen LogP contribution in [0.4, 0.5) is 5.69 Å². The van der Waals surface area contributed by atoms with Gasteiger partial charge in [-0.05, 0) is 31.2 Å². The number of amides is 1. The molecule has 0 aliphatic rings. The Hall–Kier alpha value is -2.13. The van der Waals surface area contributed by atoms with Gasteiger partial charge in [0.05, 0.1) is 21.6 Å². The number of para-hydroxylation sites is 1. The van der Waals surface area contributed by atoms with E-state index in [0.717, 1.165) is 9.21 Å². The molecule has 0 fully saturated rings. The first kappa shape index (κ1) is 18.2. The number of rotatable bonds is 7. The largest absolute Gasteiger partial charge is 0.324 e. The molecule has 0 unspecified atom stereocenters. The molecule has 0 spiro atoms. The minimum atomic E-state index is -0.379. The predicted molar refractivity (Wildman–Crippen MR) is 99.2 cm³/mol. The fourth-order valence-electron chi connectivity index (χ4n) is 2.25. The van der Waals surface area contributed by atoms with Crippen LogP contribution in [0.15, 0.2) is 49.1 Å². The van der Waals surface area contributed by atoms with E-state index in [1.54, 1.807) is 30.3 Å². The van der Waals surface area contributed by atoms with E-state index >= 15 is 0 Å². The lowest BCUT2D eigenvalue weighted by molar-refractivity contribution is -0.120. The van der Waals surface area contributed by atoms with Crippen LogP contribution >= 0.6 is 22.9 Å². The molecular weight excluding hydrogens is 342 g/mol. The van der Waals surface area contributed by atoms with E-state index in [2.05, 4.69) is 18.0 Å². The first-order valence-corrected chi connectivity index (χ1v) is 8.63. The molecular formula is C18H18ClN3OS. The Balaban J connectivity index is 2.10. The summed E-state index contributed by atoms with van der Waals surface area (Å²) in [6.45, 7) is 6.78.